The number of hydrogen-bond acceptors (Lipinski definition) is 3. The van der Waals surface area contributed by atoms with E-state index in [1.165, 1.54) is 25.7 Å². The maximum Gasteiger partial charge on any atom is 0.325 e. The Labute approximate surface area is 114 Å². The number of aliphatic carboxylic acids is 1. The molecule has 2 N–H and O–H groups in total. The quantitative estimate of drug-likeness (QED) is 0.819. The van der Waals surface area contributed by atoms with Crippen LogP contribution in [0.25, 0.3) is 0 Å². The summed E-state index contributed by atoms with van der Waals surface area (Å²) in [6.45, 7) is 1.91. The van der Waals surface area contributed by atoms with Crippen LogP contribution in [0.15, 0.2) is 6.20 Å². The fraction of sp³-hybridized carbons (Fsp3) is 0.714. The average molecular weight is 265 g/mol. The number of carboxylic acids is 1. The van der Waals surface area contributed by atoms with Crippen molar-refractivity contribution in [2.45, 2.75) is 57.5 Å². The molecule has 19 heavy (non-hydrogen) atoms. The van der Waals surface area contributed by atoms with Gasteiger partial charge in [0.25, 0.3) is 0 Å². The number of aryl methyl sites for hydroxylation is 1. The summed E-state index contributed by atoms with van der Waals surface area (Å²) in [5.74, 6) is -0.819. The van der Waals surface area contributed by atoms with Crippen LogP contribution in [0.4, 0.5) is 0 Å². The van der Waals surface area contributed by atoms with Crippen molar-refractivity contribution in [1.29, 1.82) is 0 Å². The summed E-state index contributed by atoms with van der Waals surface area (Å²) in [4.78, 5) is 11.5. The molecule has 1 heterocycles. The normalized spacial score (nSPS) is 19.1. The Balaban J connectivity index is 2.12. The molecule has 106 valence electrons. The molecule has 1 aromatic rings. The lowest BCUT2D eigenvalue weighted by atomic mass is 10.0. The molecule has 1 fully saturated rings. The molecule has 1 atom stereocenters. The Hall–Kier alpha value is -1.36. The van der Waals surface area contributed by atoms with E-state index in [2.05, 4.69) is 10.4 Å². The summed E-state index contributed by atoms with van der Waals surface area (Å²) in [6, 6.07) is -0.333. The number of hydrogen-bond donors (Lipinski definition) is 2. The van der Waals surface area contributed by atoms with Gasteiger partial charge in [0.2, 0.25) is 0 Å². The zero-order valence-corrected chi connectivity index (χ0v) is 11.7. The summed E-state index contributed by atoms with van der Waals surface area (Å²) >= 11 is 0. The van der Waals surface area contributed by atoms with Crippen LogP contribution in [0.3, 0.4) is 0 Å². The lowest BCUT2D eigenvalue weighted by molar-refractivity contribution is -0.140. The Morgan fingerprint density at radius 1 is 1.42 bits per heavy atom. The molecule has 0 spiro atoms. The van der Waals surface area contributed by atoms with E-state index in [-0.39, 0.29) is 0 Å². The van der Waals surface area contributed by atoms with Crippen LogP contribution < -0.4 is 5.32 Å². The fourth-order valence-electron chi connectivity index (χ4n) is 2.77. The highest BCUT2D eigenvalue weighted by Crippen LogP contribution is 2.23. The van der Waals surface area contributed by atoms with Gasteiger partial charge in [-0.15, -0.1) is 0 Å². The second-order valence-corrected chi connectivity index (χ2v) is 5.44. The van der Waals surface area contributed by atoms with Gasteiger partial charge in [-0.2, -0.15) is 5.10 Å². The van der Waals surface area contributed by atoms with Crippen LogP contribution in [0.5, 0.6) is 0 Å². The first kappa shape index (κ1) is 14.1. The number of carbonyl (C=O) groups is 1. The highest BCUT2D eigenvalue weighted by molar-refractivity contribution is 5.75. The van der Waals surface area contributed by atoms with Crippen molar-refractivity contribution in [1.82, 2.24) is 15.1 Å². The molecule has 0 bridgehead atoms. The molecule has 0 aliphatic heterocycles. The van der Waals surface area contributed by atoms with Gasteiger partial charge in [0.1, 0.15) is 6.04 Å². The van der Waals surface area contributed by atoms with Gasteiger partial charge in [0.05, 0.1) is 6.20 Å². The van der Waals surface area contributed by atoms with Crippen molar-refractivity contribution in [3.8, 4) is 0 Å². The minimum atomic E-state index is -0.819. The maximum atomic E-state index is 11.5. The van der Waals surface area contributed by atoms with E-state index >= 15 is 0 Å². The third-order valence-corrected chi connectivity index (χ3v) is 4.09. The van der Waals surface area contributed by atoms with Crippen LogP contribution in [0.2, 0.25) is 0 Å². The number of aromatic nitrogens is 2. The van der Waals surface area contributed by atoms with Crippen LogP contribution in [-0.2, 0) is 11.8 Å². The van der Waals surface area contributed by atoms with Crippen molar-refractivity contribution in [3.05, 3.63) is 17.5 Å². The second kappa shape index (κ2) is 6.19. The van der Waals surface area contributed by atoms with Crippen LogP contribution in [0.1, 0.15) is 55.8 Å². The van der Waals surface area contributed by atoms with E-state index in [9.17, 15) is 9.90 Å². The minimum absolute atomic E-state index is 0.309. The lowest BCUT2D eigenvalue weighted by Crippen LogP contribution is -2.37. The maximum absolute atomic E-state index is 11.5. The molecule has 5 heteroatoms. The molecule has 1 aliphatic carbocycles. The number of nitrogens with one attached hydrogen (secondary N) is 1. The third kappa shape index (κ3) is 3.35. The van der Waals surface area contributed by atoms with Crippen LogP contribution >= 0.6 is 0 Å². The zero-order chi connectivity index (χ0) is 13.8. The van der Waals surface area contributed by atoms with Gasteiger partial charge in [-0.25, -0.2) is 0 Å². The highest BCUT2D eigenvalue weighted by Gasteiger charge is 2.26. The lowest BCUT2D eigenvalue weighted by Gasteiger charge is -2.22. The fourth-order valence-corrected chi connectivity index (χ4v) is 2.77. The first-order valence-electron chi connectivity index (χ1n) is 7.07. The molecular weight excluding hydrogens is 242 g/mol. The van der Waals surface area contributed by atoms with E-state index in [1.807, 2.05) is 14.0 Å². The smallest absolute Gasteiger partial charge is 0.325 e. The molecule has 1 aliphatic rings. The standard InChI is InChI=1S/C14H23N3O2/c1-10-12(9-15-17(10)2)13(14(18)19)16-11-7-5-3-4-6-8-11/h9,11,13,16H,3-8H2,1-2H3,(H,18,19). The molecule has 0 aromatic carbocycles. The largest absolute Gasteiger partial charge is 0.480 e. The van der Waals surface area contributed by atoms with Crippen LogP contribution in [0, 0.1) is 6.92 Å². The van der Waals surface area contributed by atoms with Crippen LogP contribution in [-0.4, -0.2) is 26.9 Å². The zero-order valence-electron chi connectivity index (χ0n) is 11.7. The summed E-state index contributed by atoms with van der Waals surface area (Å²) in [5.41, 5.74) is 1.69. The van der Waals surface area contributed by atoms with Gasteiger partial charge >= 0.3 is 5.97 Å². The molecule has 1 unspecified atom stereocenters. The molecule has 0 saturated heterocycles. The molecule has 2 rings (SSSR count). The Kier molecular flexibility index (Phi) is 4.58. The topological polar surface area (TPSA) is 67.2 Å². The molecule has 5 nitrogen and oxygen atoms in total. The predicted molar refractivity (Wildman–Crippen MR) is 72.9 cm³/mol. The van der Waals surface area contributed by atoms with E-state index in [1.54, 1.807) is 10.9 Å². The SMILES string of the molecule is Cc1c(C(NC2CCCCCC2)C(=O)O)cnn1C. The van der Waals surface area contributed by atoms with Crippen molar-refractivity contribution >= 4 is 5.97 Å². The third-order valence-electron chi connectivity index (χ3n) is 4.09. The predicted octanol–water partition coefficient (Wildman–Crippen LogP) is 2.17. The van der Waals surface area contributed by atoms with Crippen molar-refractivity contribution in [2.24, 2.45) is 7.05 Å². The van der Waals surface area contributed by atoms with Gasteiger partial charge < -0.3 is 5.11 Å². The van der Waals surface area contributed by atoms with E-state index in [0.29, 0.717) is 6.04 Å². The first-order valence-corrected chi connectivity index (χ1v) is 7.07. The molecule has 0 radical (unpaired) electrons. The van der Waals surface area contributed by atoms with Crippen molar-refractivity contribution in [2.75, 3.05) is 0 Å². The Morgan fingerprint density at radius 3 is 2.53 bits per heavy atom. The summed E-state index contributed by atoms with van der Waals surface area (Å²) in [7, 11) is 1.84. The molecular formula is C14H23N3O2. The van der Waals surface area contributed by atoms with Crippen molar-refractivity contribution in [3.63, 3.8) is 0 Å². The summed E-state index contributed by atoms with van der Waals surface area (Å²) in [6.07, 6.45) is 8.72. The molecule has 1 aromatic heterocycles. The summed E-state index contributed by atoms with van der Waals surface area (Å²) in [5, 5.41) is 16.9. The van der Waals surface area contributed by atoms with Gasteiger partial charge in [-0.3, -0.25) is 14.8 Å². The number of nitrogens with zero attached hydrogens (tertiary/aromatic N) is 2. The van der Waals surface area contributed by atoms with E-state index in [4.69, 9.17) is 0 Å². The summed E-state index contributed by atoms with van der Waals surface area (Å²) < 4.78 is 1.72. The highest BCUT2D eigenvalue weighted by atomic mass is 16.4. The second-order valence-electron chi connectivity index (χ2n) is 5.44. The number of rotatable bonds is 4. The monoisotopic (exact) mass is 265 g/mol. The number of carboxylic acid groups (broad SMARTS) is 1. The van der Waals surface area contributed by atoms with Gasteiger partial charge in [-0.05, 0) is 19.8 Å². The minimum Gasteiger partial charge on any atom is -0.480 e. The van der Waals surface area contributed by atoms with Crippen molar-refractivity contribution < 1.29 is 9.90 Å². The van der Waals surface area contributed by atoms with E-state index < -0.39 is 12.0 Å². The first-order chi connectivity index (χ1) is 9.09. The van der Waals surface area contributed by atoms with Gasteiger partial charge in [-0.1, -0.05) is 25.7 Å². The van der Waals surface area contributed by atoms with Gasteiger partial charge in [0, 0.05) is 24.3 Å². The molecule has 1 saturated carbocycles. The molecule has 0 amide bonds. The Morgan fingerprint density at radius 2 is 2.05 bits per heavy atom. The Bertz CT molecular complexity index is 434. The van der Waals surface area contributed by atoms with E-state index in [0.717, 1.165) is 24.1 Å². The average Bonchev–Trinajstić information content (AvgIpc) is 2.60. The van der Waals surface area contributed by atoms with Gasteiger partial charge in [0.15, 0.2) is 0 Å².